The van der Waals surface area contributed by atoms with Gasteiger partial charge in [-0.3, -0.25) is 14.5 Å². The van der Waals surface area contributed by atoms with Gasteiger partial charge in [-0.1, -0.05) is 23.8 Å². The maximum atomic E-state index is 12.8. The van der Waals surface area contributed by atoms with E-state index in [9.17, 15) is 13.2 Å². The van der Waals surface area contributed by atoms with Crippen molar-refractivity contribution in [2.24, 2.45) is 0 Å². The number of nitrogens with zero attached hydrogens (tertiary/aromatic N) is 3. The number of benzene rings is 1. The Morgan fingerprint density at radius 3 is 2.59 bits per heavy atom. The fourth-order valence-corrected chi connectivity index (χ4v) is 3.55. The van der Waals surface area contributed by atoms with Gasteiger partial charge in [-0.2, -0.15) is 0 Å². The minimum atomic E-state index is -3.95. The number of amides is 1. The van der Waals surface area contributed by atoms with Gasteiger partial charge in [0.05, 0.1) is 17.7 Å². The van der Waals surface area contributed by atoms with E-state index in [1.54, 1.807) is 36.7 Å². The lowest BCUT2D eigenvalue weighted by atomic mass is 10.2. The zero-order chi connectivity index (χ0) is 23.0. The van der Waals surface area contributed by atoms with E-state index >= 15 is 0 Å². The van der Waals surface area contributed by atoms with Gasteiger partial charge in [0.15, 0.2) is 5.69 Å². The number of anilines is 1. The molecule has 1 amide bonds. The van der Waals surface area contributed by atoms with E-state index in [1.807, 2.05) is 6.92 Å². The van der Waals surface area contributed by atoms with E-state index in [0.717, 1.165) is 11.1 Å². The van der Waals surface area contributed by atoms with E-state index in [1.165, 1.54) is 25.4 Å². The van der Waals surface area contributed by atoms with Crippen molar-refractivity contribution < 1.29 is 22.7 Å². The molecule has 0 saturated heterocycles. The largest absolute Gasteiger partial charge is 0.470 e. The van der Waals surface area contributed by atoms with Gasteiger partial charge in [0.25, 0.3) is 21.8 Å². The molecule has 3 aromatic rings. The zero-order valence-corrected chi connectivity index (χ0v) is 18.4. The number of carbonyl (C=O) groups is 1. The lowest BCUT2D eigenvalue weighted by Gasteiger charge is -2.13. The topological polar surface area (TPSA) is 132 Å². The second-order valence-corrected chi connectivity index (χ2v) is 8.41. The van der Waals surface area contributed by atoms with Crippen molar-refractivity contribution in [3.8, 4) is 5.88 Å². The standard InChI is InChI=1S/C21H23N5O5S/c1-15-5-7-17(8-6-15)32(28,29)26-19-21(31-14-16-4-3-9-22-12-16)25-18(13-24-19)20(27)23-10-11-30-2/h3-9,12-13H,10-11,14H2,1-2H3,(H,23,27)(H,24,26). The van der Waals surface area contributed by atoms with Crippen molar-refractivity contribution in [1.82, 2.24) is 20.3 Å². The summed E-state index contributed by atoms with van der Waals surface area (Å²) in [6, 6.07) is 9.88. The van der Waals surface area contributed by atoms with E-state index in [2.05, 4.69) is 25.0 Å². The molecule has 0 aliphatic carbocycles. The number of hydrogen-bond donors (Lipinski definition) is 2. The van der Waals surface area contributed by atoms with Crippen molar-refractivity contribution >= 4 is 21.7 Å². The number of rotatable bonds is 10. The first-order chi connectivity index (χ1) is 15.4. The Kier molecular flexibility index (Phi) is 7.68. The molecule has 3 rings (SSSR count). The number of ether oxygens (including phenoxy) is 2. The molecule has 0 spiro atoms. The average molecular weight is 458 g/mol. The maximum Gasteiger partial charge on any atom is 0.271 e. The van der Waals surface area contributed by atoms with E-state index in [4.69, 9.17) is 9.47 Å². The SMILES string of the molecule is COCCNC(=O)c1cnc(NS(=O)(=O)c2ccc(C)cc2)c(OCc2cccnc2)n1. The van der Waals surface area contributed by atoms with Crippen LogP contribution in [0.2, 0.25) is 0 Å². The normalized spacial score (nSPS) is 11.1. The highest BCUT2D eigenvalue weighted by Gasteiger charge is 2.21. The van der Waals surface area contributed by atoms with Crippen molar-refractivity contribution in [2.45, 2.75) is 18.4 Å². The summed E-state index contributed by atoms with van der Waals surface area (Å²) in [5.41, 5.74) is 1.63. The van der Waals surface area contributed by atoms with Crippen molar-refractivity contribution in [1.29, 1.82) is 0 Å². The molecule has 0 unspecified atom stereocenters. The van der Waals surface area contributed by atoms with Crippen LogP contribution in [0.1, 0.15) is 21.6 Å². The quantitative estimate of drug-likeness (QED) is 0.442. The Hall–Kier alpha value is -3.57. The number of hydrogen-bond acceptors (Lipinski definition) is 8. The van der Waals surface area contributed by atoms with Gasteiger partial charge in [-0.05, 0) is 25.1 Å². The molecule has 168 valence electrons. The van der Waals surface area contributed by atoms with Gasteiger partial charge in [-0.25, -0.2) is 18.4 Å². The first-order valence-corrected chi connectivity index (χ1v) is 11.1. The molecule has 0 bridgehead atoms. The number of carbonyl (C=O) groups excluding carboxylic acids is 1. The van der Waals surface area contributed by atoms with E-state index in [0.29, 0.717) is 6.61 Å². The molecule has 32 heavy (non-hydrogen) atoms. The van der Waals surface area contributed by atoms with Crippen LogP contribution in [0.5, 0.6) is 5.88 Å². The second kappa shape index (κ2) is 10.6. The van der Waals surface area contributed by atoms with Crippen molar-refractivity contribution in [2.75, 3.05) is 25.0 Å². The molecule has 2 N–H and O–H groups in total. The molecule has 0 radical (unpaired) electrons. The first-order valence-electron chi connectivity index (χ1n) is 9.64. The van der Waals surface area contributed by atoms with E-state index in [-0.39, 0.29) is 35.4 Å². The fourth-order valence-electron chi connectivity index (χ4n) is 2.55. The number of aromatic nitrogens is 3. The molecule has 1 aromatic carbocycles. The predicted molar refractivity (Wildman–Crippen MR) is 117 cm³/mol. The number of pyridine rings is 1. The third-order valence-electron chi connectivity index (χ3n) is 4.23. The number of sulfonamides is 1. The minimum Gasteiger partial charge on any atom is -0.470 e. The van der Waals surface area contributed by atoms with Crippen LogP contribution in [0.4, 0.5) is 5.82 Å². The van der Waals surface area contributed by atoms with Gasteiger partial charge in [0, 0.05) is 31.6 Å². The number of methoxy groups -OCH3 is 1. The Morgan fingerprint density at radius 2 is 1.91 bits per heavy atom. The smallest absolute Gasteiger partial charge is 0.271 e. The first kappa shape index (κ1) is 23.1. The fraction of sp³-hybridized carbons (Fsp3) is 0.238. The van der Waals surface area contributed by atoms with Crippen LogP contribution in [0.25, 0.3) is 0 Å². The highest BCUT2D eigenvalue weighted by atomic mass is 32.2. The summed E-state index contributed by atoms with van der Waals surface area (Å²) in [6.45, 7) is 2.52. The van der Waals surface area contributed by atoms with Crippen molar-refractivity contribution in [3.05, 3.63) is 71.8 Å². The van der Waals surface area contributed by atoms with Gasteiger partial charge >= 0.3 is 0 Å². The summed E-state index contributed by atoms with van der Waals surface area (Å²) in [5, 5.41) is 2.63. The zero-order valence-electron chi connectivity index (χ0n) is 17.6. The summed E-state index contributed by atoms with van der Waals surface area (Å²) in [6.07, 6.45) is 4.40. The molecule has 11 heteroatoms. The molecule has 2 aromatic heterocycles. The molecule has 2 heterocycles. The van der Waals surface area contributed by atoms with E-state index < -0.39 is 15.9 Å². The highest BCUT2D eigenvalue weighted by Crippen LogP contribution is 2.24. The second-order valence-electron chi connectivity index (χ2n) is 6.73. The molecule has 0 aliphatic heterocycles. The molecule has 0 fully saturated rings. The summed E-state index contributed by atoms with van der Waals surface area (Å²) in [5.74, 6) is -0.763. The number of nitrogens with one attached hydrogen (secondary N) is 2. The molecule has 10 nitrogen and oxygen atoms in total. The van der Waals surface area contributed by atoms with Crippen LogP contribution in [0.3, 0.4) is 0 Å². The van der Waals surface area contributed by atoms with Gasteiger partial charge in [-0.15, -0.1) is 0 Å². The highest BCUT2D eigenvalue weighted by molar-refractivity contribution is 7.92. The minimum absolute atomic E-state index is 0.0272. The Labute approximate surface area is 186 Å². The lowest BCUT2D eigenvalue weighted by Crippen LogP contribution is -2.28. The lowest BCUT2D eigenvalue weighted by molar-refractivity contribution is 0.0930. The van der Waals surface area contributed by atoms with Crippen LogP contribution in [-0.4, -0.2) is 49.5 Å². The maximum absolute atomic E-state index is 12.8. The predicted octanol–water partition coefficient (Wildman–Crippen LogP) is 1.94. The molecular formula is C21H23N5O5S. The molecular weight excluding hydrogens is 434 g/mol. The molecule has 0 aliphatic rings. The summed E-state index contributed by atoms with van der Waals surface area (Å²) >= 11 is 0. The summed E-state index contributed by atoms with van der Waals surface area (Å²) in [7, 11) is -2.43. The number of aryl methyl sites for hydroxylation is 1. The summed E-state index contributed by atoms with van der Waals surface area (Å²) < 4.78 is 38.6. The van der Waals surface area contributed by atoms with Crippen LogP contribution in [0.15, 0.2) is 59.9 Å². The van der Waals surface area contributed by atoms with Crippen LogP contribution >= 0.6 is 0 Å². The van der Waals surface area contributed by atoms with Crippen LogP contribution in [-0.2, 0) is 21.4 Å². The third-order valence-corrected chi connectivity index (χ3v) is 5.58. The van der Waals surface area contributed by atoms with Crippen LogP contribution in [0, 0.1) is 6.92 Å². The average Bonchev–Trinajstić information content (AvgIpc) is 2.79. The monoisotopic (exact) mass is 457 g/mol. The van der Waals surface area contributed by atoms with Gasteiger partial charge < -0.3 is 14.8 Å². The summed E-state index contributed by atoms with van der Waals surface area (Å²) in [4.78, 5) is 24.6. The molecule has 0 saturated carbocycles. The Balaban J connectivity index is 1.87. The van der Waals surface area contributed by atoms with Gasteiger partial charge in [0.2, 0.25) is 5.82 Å². The Morgan fingerprint density at radius 1 is 1.12 bits per heavy atom. The Bertz CT molecular complexity index is 1150. The van der Waals surface area contributed by atoms with Gasteiger partial charge in [0.1, 0.15) is 6.61 Å². The molecule has 0 atom stereocenters. The third kappa shape index (κ3) is 6.22. The van der Waals surface area contributed by atoms with Crippen molar-refractivity contribution in [3.63, 3.8) is 0 Å². The van der Waals surface area contributed by atoms with Crippen LogP contribution < -0.4 is 14.8 Å².